The largest absolute Gasteiger partial charge is 0.309 e. The summed E-state index contributed by atoms with van der Waals surface area (Å²) in [5, 5.41) is 11.1. The van der Waals surface area contributed by atoms with E-state index in [1.165, 1.54) is 81.1 Å². The molecule has 13 aromatic rings. The summed E-state index contributed by atoms with van der Waals surface area (Å²) in [7, 11) is 0. The maximum absolute atomic E-state index is 5.68. The van der Waals surface area contributed by atoms with Gasteiger partial charge in [0.25, 0.3) is 0 Å². The van der Waals surface area contributed by atoms with Crippen molar-refractivity contribution in [3.8, 4) is 34.0 Å². The van der Waals surface area contributed by atoms with Crippen molar-refractivity contribution in [2.45, 2.75) is 51.4 Å². The topological polar surface area (TPSA) is 35.6 Å². The number of aromatic nitrogens is 4. The predicted molar refractivity (Wildman–Crippen MR) is 285 cm³/mol. The van der Waals surface area contributed by atoms with E-state index < -0.39 is 0 Å². The van der Waals surface area contributed by atoms with Crippen molar-refractivity contribution >= 4 is 96.8 Å². The molecule has 14 rings (SSSR count). The quantitative estimate of drug-likeness (QED) is 0.177. The predicted octanol–water partition coefficient (Wildman–Crippen LogP) is 17.0. The van der Waals surface area contributed by atoms with Gasteiger partial charge in [0, 0.05) is 42.9 Å². The summed E-state index contributed by atoms with van der Waals surface area (Å²) >= 11 is 1.78. The number of hydrogen-bond donors (Lipinski definition) is 0. The van der Waals surface area contributed by atoms with Crippen LogP contribution in [0.4, 0.5) is 0 Å². The van der Waals surface area contributed by atoms with Crippen molar-refractivity contribution in [1.82, 2.24) is 19.1 Å². The average Bonchev–Trinajstić information content (AvgIpc) is 4.02. The number of nitrogens with zero attached hydrogens (tertiary/aromatic N) is 4. The van der Waals surface area contributed by atoms with Crippen LogP contribution in [0.1, 0.15) is 51.7 Å². The lowest BCUT2D eigenvalue weighted by Gasteiger charge is -2.42. The molecule has 0 radical (unpaired) electrons. The molecule has 0 atom stereocenters. The van der Waals surface area contributed by atoms with E-state index in [2.05, 4.69) is 219 Å². The van der Waals surface area contributed by atoms with Crippen molar-refractivity contribution < 1.29 is 0 Å². The fraction of sp³-hybridized carbons (Fsp3) is 0.129. The molecule has 0 saturated heterocycles. The molecule has 320 valence electrons. The summed E-state index contributed by atoms with van der Waals surface area (Å²) in [6.07, 6.45) is 2.31. The molecule has 67 heavy (non-hydrogen) atoms. The van der Waals surface area contributed by atoms with Gasteiger partial charge in [0.15, 0.2) is 0 Å². The van der Waals surface area contributed by atoms with Crippen molar-refractivity contribution in [2.75, 3.05) is 0 Å². The van der Waals surface area contributed by atoms with Gasteiger partial charge in [-0.3, -0.25) is 4.57 Å². The summed E-state index contributed by atoms with van der Waals surface area (Å²) in [5.74, 6) is 0.673. The van der Waals surface area contributed by atoms with Crippen molar-refractivity contribution in [1.29, 1.82) is 0 Å². The zero-order chi connectivity index (χ0) is 44.8. The SMILES string of the molecule is CC1(C)CCC(C)(C)c2cc3c(cc21)c1c2c4c5ccccc5ccc4n(-c4nc(-c5ccc(-c6ccc7ccccc7c6)cc5)c5sc6ccccc6c5n4)c2ccc1n3-c1ccccc1. The summed E-state index contributed by atoms with van der Waals surface area (Å²) in [6.45, 7) is 9.74. The first kappa shape index (κ1) is 38.6. The highest BCUT2D eigenvalue weighted by molar-refractivity contribution is 7.26. The minimum Gasteiger partial charge on any atom is -0.309 e. The van der Waals surface area contributed by atoms with Gasteiger partial charge >= 0.3 is 0 Å². The van der Waals surface area contributed by atoms with Crippen LogP contribution in [0.15, 0.2) is 182 Å². The fourth-order valence-electron chi connectivity index (χ4n) is 11.6. The highest BCUT2D eigenvalue weighted by Crippen LogP contribution is 2.51. The van der Waals surface area contributed by atoms with Crippen molar-refractivity contribution in [2.24, 2.45) is 0 Å². The summed E-state index contributed by atoms with van der Waals surface area (Å²) in [4.78, 5) is 11.3. The Morgan fingerprint density at radius 3 is 1.81 bits per heavy atom. The van der Waals surface area contributed by atoms with Gasteiger partial charge in [0.1, 0.15) is 0 Å². The van der Waals surface area contributed by atoms with E-state index in [9.17, 15) is 0 Å². The second-order valence-electron chi connectivity index (χ2n) is 20.0. The Morgan fingerprint density at radius 1 is 0.433 bits per heavy atom. The van der Waals surface area contributed by atoms with Gasteiger partial charge in [-0.2, -0.15) is 0 Å². The van der Waals surface area contributed by atoms with Crippen LogP contribution in [0.5, 0.6) is 0 Å². The molecule has 0 fully saturated rings. The number of rotatable bonds is 4. The molecular formula is C62H46N4S. The monoisotopic (exact) mass is 878 g/mol. The third-order valence-corrected chi connectivity index (χ3v) is 16.4. The Kier molecular flexibility index (Phi) is 8.05. The molecule has 0 spiro atoms. The molecule has 4 nitrogen and oxygen atoms in total. The maximum Gasteiger partial charge on any atom is 0.235 e. The number of thiophene rings is 1. The highest BCUT2D eigenvalue weighted by atomic mass is 32.1. The van der Waals surface area contributed by atoms with E-state index in [0.29, 0.717) is 5.95 Å². The third kappa shape index (κ3) is 5.65. The van der Waals surface area contributed by atoms with Crippen molar-refractivity contribution in [3.05, 3.63) is 193 Å². The van der Waals surface area contributed by atoms with Crippen LogP contribution in [0.3, 0.4) is 0 Å². The van der Waals surface area contributed by atoms with E-state index in [1.807, 2.05) is 0 Å². The molecule has 0 amide bonds. The molecule has 5 heteroatoms. The second-order valence-corrected chi connectivity index (χ2v) is 21.1. The van der Waals surface area contributed by atoms with Crippen LogP contribution in [0, 0.1) is 0 Å². The van der Waals surface area contributed by atoms with E-state index in [-0.39, 0.29) is 10.8 Å². The van der Waals surface area contributed by atoms with Crippen LogP contribution < -0.4 is 0 Å². The van der Waals surface area contributed by atoms with E-state index >= 15 is 0 Å². The minimum absolute atomic E-state index is 0.0471. The Balaban J connectivity index is 1.09. The summed E-state index contributed by atoms with van der Waals surface area (Å²) < 4.78 is 7.16. The minimum atomic E-state index is 0.0471. The number of para-hydroxylation sites is 1. The zero-order valence-electron chi connectivity index (χ0n) is 37.9. The van der Waals surface area contributed by atoms with Crippen LogP contribution in [-0.2, 0) is 10.8 Å². The maximum atomic E-state index is 5.68. The molecular weight excluding hydrogens is 833 g/mol. The van der Waals surface area contributed by atoms with Gasteiger partial charge < -0.3 is 4.57 Å². The number of fused-ring (bicyclic) bond motifs is 14. The van der Waals surface area contributed by atoms with E-state index in [4.69, 9.17) is 9.97 Å². The Bertz CT molecular complexity index is 4200. The van der Waals surface area contributed by atoms with Gasteiger partial charge in [-0.05, 0) is 122 Å². The zero-order valence-corrected chi connectivity index (χ0v) is 38.7. The normalized spacial score (nSPS) is 14.7. The van der Waals surface area contributed by atoms with Crippen LogP contribution >= 0.6 is 11.3 Å². The standard InChI is InChI=1S/C62H46N4S/c1-61(2)32-33-62(3,4)48-36-52-46(35-47(48)61)55-49(65(52)43-17-6-5-7-18-43)30-31-51-56(55)54-44-19-11-10-15-39(44)28-29-50(54)66(51)60-63-57(59-58(64-60)45-20-12-13-21-53(45)67-59)40-25-22-38(23-26-40)42-27-24-37-14-8-9-16-41(37)34-42/h5-31,34-36H,32-33H2,1-4H3. The average molecular weight is 879 g/mol. The Labute approximate surface area is 392 Å². The molecule has 4 heterocycles. The Morgan fingerprint density at radius 2 is 1.01 bits per heavy atom. The first-order chi connectivity index (χ1) is 32.7. The number of hydrogen-bond acceptors (Lipinski definition) is 3. The molecule has 1 aliphatic rings. The lowest BCUT2D eigenvalue weighted by molar-refractivity contribution is 0.332. The van der Waals surface area contributed by atoms with E-state index in [0.717, 1.165) is 56.4 Å². The second kappa shape index (κ2) is 14.0. The fourth-order valence-corrected chi connectivity index (χ4v) is 12.7. The van der Waals surface area contributed by atoms with Gasteiger partial charge in [-0.15, -0.1) is 11.3 Å². The van der Waals surface area contributed by atoms with Gasteiger partial charge in [0.2, 0.25) is 5.95 Å². The lowest BCUT2D eigenvalue weighted by Crippen LogP contribution is -2.33. The first-order valence-corrected chi connectivity index (χ1v) is 24.3. The molecule has 9 aromatic carbocycles. The smallest absolute Gasteiger partial charge is 0.235 e. The molecule has 0 N–H and O–H groups in total. The highest BCUT2D eigenvalue weighted by Gasteiger charge is 2.38. The third-order valence-electron chi connectivity index (χ3n) is 15.2. The van der Waals surface area contributed by atoms with Gasteiger partial charge in [-0.25, -0.2) is 9.97 Å². The lowest BCUT2D eigenvalue weighted by atomic mass is 9.63. The molecule has 0 saturated carbocycles. The van der Waals surface area contributed by atoms with Crippen LogP contribution in [0.2, 0.25) is 0 Å². The Hall–Kier alpha value is -7.60. The molecule has 0 aliphatic heterocycles. The molecule has 0 unspecified atom stereocenters. The van der Waals surface area contributed by atoms with E-state index in [1.54, 1.807) is 11.3 Å². The van der Waals surface area contributed by atoms with Gasteiger partial charge in [-0.1, -0.05) is 155 Å². The first-order valence-electron chi connectivity index (χ1n) is 23.5. The summed E-state index contributed by atoms with van der Waals surface area (Å²) in [5.41, 5.74) is 14.2. The number of benzene rings is 9. The molecule has 1 aliphatic carbocycles. The molecule has 4 aromatic heterocycles. The van der Waals surface area contributed by atoms with Crippen LogP contribution in [0.25, 0.3) is 119 Å². The molecule has 0 bridgehead atoms. The summed E-state index contributed by atoms with van der Waals surface area (Å²) in [6, 6.07) is 67.1. The van der Waals surface area contributed by atoms with Gasteiger partial charge in [0.05, 0.1) is 38.0 Å². The van der Waals surface area contributed by atoms with Crippen LogP contribution in [-0.4, -0.2) is 19.1 Å². The van der Waals surface area contributed by atoms with Crippen molar-refractivity contribution in [3.63, 3.8) is 0 Å².